The van der Waals surface area contributed by atoms with Crippen LogP contribution in [0.2, 0.25) is 0 Å². The molecular weight excluding hydrogens is 317 g/mol. The van der Waals surface area contributed by atoms with Crippen LogP contribution < -0.4 is 5.32 Å². The van der Waals surface area contributed by atoms with Crippen molar-refractivity contribution in [3.05, 3.63) is 59.2 Å². The molecule has 0 unspecified atom stereocenters. The maximum atomic E-state index is 13.1. The molecule has 1 N–H and O–H groups in total. The second-order valence-corrected chi connectivity index (χ2v) is 6.84. The van der Waals surface area contributed by atoms with Gasteiger partial charge in [0, 0.05) is 19.6 Å². The number of aryl methyl sites for hydroxylation is 1. The van der Waals surface area contributed by atoms with E-state index in [1.165, 1.54) is 12.1 Å². The van der Waals surface area contributed by atoms with E-state index in [-0.39, 0.29) is 11.7 Å². The molecule has 25 heavy (non-hydrogen) atoms. The van der Waals surface area contributed by atoms with Crippen LogP contribution >= 0.6 is 0 Å². The summed E-state index contributed by atoms with van der Waals surface area (Å²) >= 11 is 0. The third kappa shape index (κ3) is 3.36. The van der Waals surface area contributed by atoms with Crippen molar-refractivity contribution in [3.63, 3.8) is 0 Å². The fraction of sp³-hybridized carbons (Fsp3) is 0.400. The smallest absolute Gasteiger partial charge is 0.272 e. The van der Waals surface area contributed by atoms with E-state index in [1.807, 2.05) is 29.2 Å². The highest BCUT2D eigenvalue weighted by Crippen LogP contribution is 2.29. The summed E-state index contributed by atoms with van der Waals surface area (Å²) in [5.41, 5.74) is 3.75. The Morgan fingerprint density at radius 1 is 1.12 bits per heavy atom. The van der Waals surface area contributed by atoms with Crippen LogP contribution in [-0.4, -0.2) is 35.4 Å². The molecule has 5 heteroatoms. The van der Waals surface area contributed by atoms with Gasteiger partial charge in [-0.3, -0.25) is 4.79 Å². The second-order valence-electron chi connectivity index (χ2n) is 6.84. The Labute approximate surface area is 147 Å². The number of hydrogen-bond acceptors (Lipinski definition) is 3. The van der Waals surface area contributed by atoms with E-state index < -0.39 is 0 Å². The number of nitrogens with one attached hydrogen (secondary N) is 1. The lowest BCUT2D eigenvalue weighted by atomic mass is 9.89. The Morgan fingerprint density at radius 2 is 1.88 bits per heavy atom. The molecule has 4 nitrogen and oxygen atoms in total. The summed E-state index contributed by atoms with van der Waals surface area (Å²) in [6, 6.07) is 10.5. The van der Waals surface area contributed by atoms with Crippen LogP contribution in [0.4, 0.5) is 10.1 Å². The van der Waals surface area contributed by atoms with Crippen molar-refractivity contribution in [3.8, 4) is 0 Å². The zero-order valence-electron chi connectivity index (χ0n) is 14.2. The van der Waals surface area contributed by atoms with Gasteiger partial charge >= 0.3 is 0 Å². The number of carbonyl (C=O) groups excluding carboxylic acids is 1. The number of amides is 1. The molecule has 1 aromatic heterocycles. The molecule has 0 radical (unpaired) electrons. The average molecular weight is 339 g/mol. The van der Waals surface area contributed by atoms with E-state index in [0.29, 0.717) is 11.6 Å². The molecule has 2 aliphatic rings. The highest BCUT2D eigenvalue weighted by molar-refractivity contribution is 5.92. The van der Waals surface area contributed by atoms with E-state index in [4.69, 9.17) is 0 Å². The topological polar surface area (TPSA) is 45.2 Å². The zero-order valence-corrected chi connectivity index (χ0v) is 14.2. The van der Waals surface area contributed by atoms with E-state index in [9.17, 15) is 9.18 Å². The molecule has 0 spiro atoms. The maximum Gasteiger partial charge on any atom is 0.272 e. The van der Waals surface area contributed by atoms with Crippen molar-refractivity contribution in [2.75, 3.05) is 25.0 Å². The van der Waals surface area contributed by atoms with Gasteiger partial charge in [-0.1, -0.05) is 12.1 Å². The molecule has 0 bridgehead atoms. The van der Waals surface area contributed by atoms with Gasteiger partial charge in [-0.25, -0.2) is 9.37 Å². The summed E-state index contributed by atoms with van der Waals surface area (Å²) in [5, 5.41) is 3.32. The lowest BCUT2D eigenvalue weighted by molar-refractivity contribution is 0.0707. The van der Waals surface area contributed by atoms with Gasteiger partial charge in [-0.05, 0) is 61.4 Å². The SMILES string of the molecule is O=C(c1ccc2c(n1)CCCN2)N1CCC(c2ccc(F)cc2)CC1. The molecule has 0 atom stereocenters. The van der Waals surface area contributed by atoms with Gasteiger partial charge in [0.1, 0.15) is 11.5 Å². The van der Waals surface area contributed by atoms with Gasteiger partial charge < -0.3 is 10.2 Å². The van der Waals surface area contributed by atoms with Crippen LogP contribution in [0.15, 0.2) is 36.4 Å². The predicted octanol–water partition coefficient (Wildman–Crippen LogP) is 3.60. The molecule has 130 valence electrons. The van der Waals surface area contributed by atoms with E-state index >= 15 is 0 Å². The summed E-state index contributed by atoms with van der Waals surface area (Å²) in [6.45, 7) is 2.41. The zero-order chi connectivity index (χ0) is 17.2. The summed E-state index contributed by atoms with van der Waals surface area (Å²) in [4.78, 5) is 19.2. The molecule has 3 heterocycles. The maximum absolute atomic E-state index is 13.1. The average Bonchev–Trinajstić information content (AvgIpc) is 2.68. The highest BCUT2D eigenvalue weighted by atomic mass is 19.1. The predicted molar refractivity (Wildman–Crippen MR) is 95.3 cm³/mol. The van der Waals surface area contributed by atoms with E-state index in [2.05, 4.69) is 10.3 Å². The Balaban J connectivity index is 1.42. The number of halogens is 1. The van der Waals surface area contributed by atoms with Gasteiger partial charge in [-0.15, -0.1) is 0 Å². The summed E-state index contributed by atoms with van der Waals surface area (Å²) < 4.78 is 13.1. The van der Waals surface area contributed by atoms with Crippen molar-refractivity contribution in [1.29, 1.82) is 0 Å². The minimum absolute atomic E-state index is 0.0194. The first kappa shape index (κ1) is 16.1. The van der Waals surface area contributed by atoms with Crippen LogP contribution in [0.1, 0.15) is 46.9 Å². The number of pyridine rings is 1. The Hall–Kier alpha value is -2.43. The number of anilines is 1. The molecule has 2 aromatic rings. The fourth-order valence-electron chi connectivity index (χ4n) is 3.76. The molecule has 1 aromatic carbocycles. The molecule has 2 aliphatic heterocycles. The first-order valence-electron chi connectivity index (χ1n) is 8.99. The number of rotatable bonds is 2. The largest absolute Gasteiger partial charge is 0.384 e. The molecular formula is C20H22FN3O. The van der Waals surface area contributed by atoms with E-state index in [0.717, 1.165) is 62.3 Å². The minimum atomic E-state index is -0.204. The molecule has 1 fully saturated rings. The number of nitrogens with zero attached hydrogens (tertiary/aromatic N) is 2. The number of aromatic nitrogens is 1. The Bertz CT molecular complexity index is 767. The molecule has 1 saturated heterocycles. The van der Waals surface area contributed by atoms with Gasteiger partial charge in [0.2, 0.25) is 0 Å². The van der Waals surface area contributed by atoms with Crippen molar-refractivity contribution in [2.24, 2.45) is 0 Å². The van der Waals surface area contributed by atoms with Crippen LogP contribution in [0.25, 0.3) is 0 Å². The van der Waals surface area contributed by atoms with Crippen LogP contribution in [0, 0.1) is 5.82 Å². The van der Waals surface area contributed by atoms with Gasteiger partial charge in [0.05, 0.1) is 11.4 Å². The number of likely N-dealkylation sites (tertiary alicyclic amines) is 1. The number of fused-ring (bicyclic) bond motifs is 1. The molecule has 4 rings (SSSR count). The first-order chi connectivity index (χ1) is 12.2. The second kappa shape index (κ2) is 6.82. The number of piperidine rings is 1. The van der Waals surface area contributed by atoms with Gasteiger partial charge in [0.25, 0.3) is 5.91 Å². The standard InChI is InChI=1S/C20H22FN3O/c21-16-5-3-14(4-6-16)15-9-12-24(13-10-15)20(25)19-8-7-17-18(23-19)2-1-11-22-17/h3-8,15,22H,1-2,9-13H2. The third-order valence-corrected chi connectivity index (χ3v) is 5.22. The fourth-order valence-corrected chi connectivity index (χ4v) is 3.76. The minimum Gasteiger partial charge on any atom is -0.384 e. The number of hydrogen-bond donors (Lipinski definition) is 1. The monoisotopic (exact) mass is 339 g/mol. The van der Waals surface area contributed by atoms with Crippen molar-refractivity contribution in [2.45, 2.75) is 31.6 Å². The van der Waals surface area contributed by atoms with Gasteiger partial charge in [-0.2, -0.15) is 0 Å². The quantitative estimate of drug-likeness (QED) is 0.909. The highest BCUT2D eigenvalue weighted by Gasteiger charge is 2.26. The van der Waals surface area contributed by atoms with E-state index in [1.54, 1.807) is 0 Å². The third-order valence-electron chi connectivity index (χ3n) is 5.22. The van der Waals surface area contributed by atoms with Crippen molar-refractivity contribution in [1.82, 2.24) is 9.88 Å². The lowest BCUT2D eigenvalue weighted by Gasteiger charge is -2.32. The van der Waals surface area contributed by atoms with Crippen LogP contribution in [0.3, 0.4) is 0 Å². The molecule has 0 saturated carbocycles. The lowest BCUT2D eigenvalue weighted by Crippen LogP contribution is -2.38. The van der Waals surface area contributed by atoms with Crippen LogP contribution in [-0.2, 0) is 6.42 Å². The first-order valence-corrected chi connectivity index (χ1v) is 8.99. The molecule has 1 amide bonds. The Morgan fingerprint density at radius 3 is 2.64 bits per heavy atom. The summed E-state index contributed by atoms with van der Waals surface area (Å²) in [5.74, 6) is 0.209. The summed E-state index contributed by atoms with van der Waals surface area (Å²) in [6.07, 6.45) is 3.80. The van der Waals surface area contributed by atoms with Crippen molar-refractivity contribution >= 4 is 11.6 Å². The molecule has 0 aliphatic carbocycles. The summed E-state index contributed by atoms with van der Waals surface area (Å²) in [7, 11) is 0. The normalized spacial score (nSPS) is 17.7. The van der Waals surface area contributed by atoms with Crippen LogP contribution in [0.5, 0.6) is 0 Å². The number of benzene rings is 1. The Kier molecular flexibility index (Phi) is 4.38. The van der Waals surface area contributed by atoms with Gasteiger partial charge in [0.15, 0.2) is 0 Å². The van der Waals surface area contributed by atoms with Crippen molar-refractivity contribution < 1.29 is 9.18 Å². The number of carbonyl (C=O) groups is 1.